The van der Waals surface area contributed by atoms with E-state index >= 15 is 0 Å². The summed E-state index contributed by atoms with van der Waals surface area (Å²) in [5.74, 6) is -1.05. The van der Waals surface area contributed by atoms with E-state index in [4.69, 9.17) is 4.74 Å². The van der Waals surface area contributed by atoms with E-state index < -0.39 is 18.5 Å². The Bertz CT molecular complexity index is 792. The standard InChI is InChI=1S/C19H18FNO4S/c1-13(22)16-4-2-3-5-17(16)21-18(23)12-25-19(24)10-11-26-15-8-6-14(20)7-9-15/h2-9H,10-12H2,1H3,(H,21,23). The van der Waals surface area contributed by atoms with Crippen LogP contribution in [0, 0.1) is 5.82 Å². The lowest BCUT2D eigenvalue weighted by Crippen LogP contribution is -2.22. The van der Waals surface area contributed by atoms with Crippen molar-refractivity contribution in [2.24, 2.45) is 0 Å². The van der Waals surface area contributed by atoms with Crippen LogP contribution in [-0.2, 0) is 14.3 Å². The summed E-state index contributed by atoms with van der Waals surface area (Å²) in [7, 11) is 0. The first-order chi connectivity index (χ1) is 12.5. The summed E-state index contributed by atoms with van der Waals surface area (Å²) in [4.78, 5) is 35.9. The van der Waals surface area contributed by atoms with Gasteiger partial charge in [0.1, 0.15) is 5.82 Å². The van der Waals surface area contributed by atoms with E-state index in [2.05, 4.69) is 5.32 Å². The van der Waals surface area contributed by atoms with Crippen molar-refractivity contribution in [1.29, 1.82) is 0 Å². The molecule has 2 aromatic rings. The molecule has 0 saturated heterocycles. The van der Waals surface area contributed by atoms with Crippen LogP contribution in [0.3, 0.4) is 0 Å². The molecule has 0 fully saturated rings. The normalized spacial score (nSPS) is 10.2. The molecular weight excluding hydrogens is 357 g/mol. The zero-order valence-electron chi connectivity index (χ0n) is 14.2. The van der Waals surface area contributed by atoms with Gasteiger partial charge in [-0.3, -0.25) is 14.4 Å². The van der Waals surface area contributed by atoms with Crippen molar-refractivity contribution >= 4 is 35.1 Å². The van der Waals surface area contributed by atoms with Gasteiger partial charge in [0.15, 0.2) is 12.4 Å². The highest BCUT2D eigenvalue weighted by atomic mass is 32.2. The molecule has 0 unspecified atom stereocenters. The molecule has 0 bridgehead atoms. The Morgan fingerprint density at radius 1 is 1.08 bits per heavy atom. The highest BCUT2D eigenvalue weighted by molar-refractivity contribution is 7.99. The molecule has 0 aliphatic rings. The first-order valence-electron chi connectivity index (χ1n) is 7.89. The van der Waals surface area contributed by atoms with Crippen LogP contribution in [0.5, 0.6) is 0 Å². The van der Waals surface area contributed by atoms with E-state index in [1.54, 1.807) is 36.4 Å². The average Bonchev–Trinajstić information content (AvgIpc) is 2.62. The van der Waals surface area contributed by atoms with Crippen molar-refractivity contribution in [3.8, 4) is 0 Å². The molecule has 0 saturated carbocycles. The zero-order valence-corrected chi connectivity index (χ0v) is 15.0. The number of Topliss-reactive ketones (excluding diaryl/α,β-unsaturated/α-hetero) is 1. The van der Waals surface area contributed by atoms with Crippen molar-refractivity contribution in [2.45, 2.75) is 18.2 Å². The summed E-state index contributed by atoms with van der Waals surface area (Å²) >= 11 is 1.39. The SMILES string of the molecule is CC(=O)c1ccccc1NC(=O)COC(=O)CCSc1ccc(F)cc1. The van der Waals surface area contributed by atoms with Gasteiger partial charge < -0.3 is 10.1 Å². The van der Waals surface area contributed by atoms with Gasteiger partial charge in [0, 0.05) is 16.2 Å². The van der Waals surface area contributed by atoms with Gasteiger partial charge in [-0.1, -0.05) is 12.1 Å². The summed E-state index contributed by atoms with van der Waals surface area (Å²) in [5.41, 5.74) is 0.774. The lowest BCUT2D eigenvalue weighted by molar-refractivity contribution is -0.146. The highest BCUT2D eigenvalue weighted by Crippen LogP contribution is 2.19. The third-order valence-electron chi connectivity index (χ3n) is 3.33. The van der Waals surface area contributed by atoms with Gasteiger partial charge in [0.25, 0.3) is 5.91 Å². The van der Waals surface area contributed by atoms with Crippen LogP contribution in [0.15, 0.2) is 53.4 Å². The minimum absolute atomic E-state index is 0.124. The molecular formula is C19H18FNO4S. The number of ether oxygens (including phenoxy) is 1. The Labute approximate surface area is 154 Å². The number of esters is 1. The maximum atomic E-state index is 12.8. The van der Waals surface area contributed by atoms with Gasteiger partial charge in [-0.05, 0) is 43.3 Å². The molecule has 136 valence electrons. The summed E-state index contributed by atoms with van der Waals surface area (Å²) in [6.45, 7) is 0.982. The average molecular weight is 375 g/mol. The van der Waals surface area contributed by atoms with Crippen LogP contribution in [0.25, 0.3) is 0 Å². The highest BCUT2D eigenvalue weighted by Gasteiger charge is 2.12. The van der Waals surface area contributed by atoms with Crippen molar-refractivity contribution in [3.63, 3.8) is 0 Å². The number of benzene rings is 2. The monoisotopic (exact) mass is 375 g/mol. The Morgan fingerprint density at radius 3 is 2.46 bits per heavy atom. The number of anilines is 1. The summed E-state index contributed by atoms with van der Waals surface area (Å²) < 4.78 is 17.7. The summed E-state index contributed by atoms with van der Waals surface area (Å²) in [5, 5.41) is 2.56. The number of carbonyl (C=O) groups excluding carboxylic acids is 3. The third kappa shape index (κ3) is 6.33. The Kier molecular flexibility index (Phi) is 7.35. The van der Waals surface area contributed by atoms with Crippen LogP contribution in [0.4, 0.5) is 10.1 Å². The number of carbonyl (C=O) groups is 3. The third-order valence-corrected chi connectivity index (χ3v) is 4.35. The predicted molar refractivity (Wildman–Crippen MR) is 97.8 cm³/mol. The number of rotatable bonds is 8. The van der Waals surface area contributed by atoms with E-state index in [-0.39, 0.29) is 18.0 Å². The van der Waals surface area contributed by atoms with Gasteiger partial charge >= 0.3 is 5.97 Å². The van der Waals surface area contributed by atoms with E-state index in [1.165, 1.54) is 30.8 Å². The van der Waals surface area contributed by atoms with Gasteiger partial charge in [-0.2, -0.15) is 0 Å². The lowest BCUT2D eigenvalue weighted by atomic mass is 10.1. The number of thioether (sulfide) groups is 1. The molecule has 5 nitrogen and oxygen atoms in total. The van der Waals surface area contributed by atoms with E-state index in [0.717, 1.165) is 4.90 Å². The van der Waals surface area contributed by atoms with E-state index in [9.17, 15) is 18.8 Å². The molecule has 0 aromatic heterocycles. The fourth-order valence-corrected chi connectivity index (χ4v) is 2.92. The minimum Gasteiger partial charge on any atom is -0.456 e. The maximum Gasteiger partial charge on any atom is 0.307 e. The molecule has 0 radical (unpaired) electrons. The predicted octanol–water partition coefficient (Wildman–Crippen LogP) is 3.69. The Balaban J connectivity index is 1.72. The first kappa shape index (κ1) is 19.7. The molecule has 0 spiro atoms. The Morgan fingerprint density at radius 2 is 1.77 bits per heavy atom. The number of hydrogen-bond donors (Lipinski definition) is 1. The van der Waals surface area contributed by atoms with Gasteiger partial charge in [0.05, 0.1) is 12.1 Å². The van der Waals surface area contributed by atoms with Gasteiger partial charge in [-0.15, -0.1) is 11.8 Å². The molecule has 0 aliphatic carbocycles. The number of para-hydroxylation sites is 1. The van der Waals surface area contributed by atoms with Crippen molar-refractivity contribution in [2.75, 3.05) is 17.7 Å². The van der Waals surface area contributed by atoms with Crippen LogP contribution in [-0.4, -0.2) is 30.0 Å². The molecule has 1 N–H and O–H groups in total. The number of halogens is 1. The molecule has 7 heteroatoms. The Hall–Kier alpha value is -2.67. The van der Waals surface area contributed by atoms with Crippen LogP contribution in [0.1, 0.15) is 23.7 Å². The molecule has 1 amide bonds. The maximum absolute atomic E-state index is 12.8. The lowest BCUT2D eigenvalue weighted by Gasteiger charge is -2.09. The van der Waals surface area contributed by atoms with Crippen molar-refractivity contribution in [3.05, 3.63) is 59.9 Å². The van der Waals surface area contributed by atoms with Crippen molar-refractivity contribution in [1.82, 2.24) is 0 Å². The summed E-state index contributed by atoms with van der Waals surface area (Å²) in [6.07, 6.45) is 0.124. The topological polar surface area (TPSA) is 72.5 Å². The molecule has 26 heavy (non-hydrogen) atoms. The summed E-state index contributed by atoms with van der Waals surface area (Å²) in [6, 6.07) is 12.6. The van der Waals surface area contributed by atoms with E-state index in [0.29, 0.717) is 17.0 Å². The van der Waals surface area contributed by atoms with Crippen LogP contribution < -0.4 is 5.32 Å². The first-order valence-corrected chi connectivity index (χ1v) is 8.88. The number of ketones is 1. The largest absolute Gasteiger partial charge is 0.456 e. The molecule has 0 heterocycles. The molecule has 0 aliphatic heterocycles. The van der Waals surface area contributed by atoms with Gasteiger partial charge in [-0.25, -0.2) is 4.39 Å². The fourth-order valence-electron chi connectivity index (χ4n) is 2.09. The minimum atomic E-state index is -0.516. The quantitative estimate of drug-likeness (QED) is 0.433. The van der Waals surface area contributed by atoms with E-state index in [1.807, 2.05) is 0 Å². The van der Waals surface area contributed by atoms with Gasteiger partial charge in [0.2, 0.25) is 0 Å². The van der Waals surface area contributed by atoms with Crippen LogP contribution >= 0.6 is 11.8 Å². The second kappa shape index (κ2) is 9.72. The second-order valence-electron chi connectivity index (χ2n) is 5.36. The molecule has 0 atom stereocenters. The second-order valence-corrected chi connectivity index (χ2v) is 6.53. The molecule has 2 aromatic carbocycles. The number of hydrogen-bond acceptors (Lipinski definition) is 5. The smallest absolute Gasteiger partial charge is 0.307 e. The number of amides is 1. The molecule has 2 rings (SSSR count). The number of nitrogens with one attached hydrogen (secondary N) is 1. The fraction of sp³-hybridized carbons (Fsp3) is 0.211. The van der Waals surface area contributed by atoms with Crippen molar-refractivity contribution < 1.29 is 23.5 Å². The van der Waals surface area contributed by atoms with Crippen LogP contribution in [0.2, 0.25) is 0 Å². The zero-order chi connectivity index (χ0) is 18.9.